The van der Waals surface area contributed by atoms with Crippen molar-refractivity contribution in [3.63, 3.8) is 0 Å². The summed E-state index contributed by atoms with van der Waals surface area (Å²) >= 11 is 4.57. The summed E-state index contributed by atoms with van der Waals surface area (Å²) in [6, 6.07) is 9.45. The molecule has 1 aromatic carbocycles. The van der Waals surface area contributed by atoms with Crippen molar-refractivity contribution in [1.82, 2.24) is 5.06 Å². The Balaban J connectivity index is 2.06. The van der Waals surface area contributed by atoms with Crippen molar-refractivity contribution < 1.29 is 14.4 Å². The van der Waals surface area contributed by atoms with Crippen LogP contribution in [0.15, 0.2) is 35.3 Å². The van der Waals surface area contributed by atoms with Crippen LogP contribution in [-0.4, -0.2) is 41.5 Å². The van der Waals surface area contributed by atoms with Crippen LogP contribution in [0.5, 0.6) is 0 Å². The molecule has 0 aliphatic carbocycles. The molecule has 1 aromatic rings. The van der Waals surface area contributed by atoms with E-state index in [-0.39, 0.29) is 12.1 Å². The second-order valence-corrected chi connectivity index (χ2v) is 4.91. The molecule has 0 N–H and O–H groups in total. The van der Waals surface area contributed by atoms with E-state index < -0.39 is 6.04 Å². The monoisotopic (exact) mass is 306 g/mol. The van der Waals surface area contributed by atoms with Gasteiger partial charge in [-0.05, 0) is 24.7 Å². The number of ether oxygens (including phenoxy) is 1. The molecule has 0 radical (unpaired) electrons. The van der Waals surface area contributed by atoms with Gasteiger partial charge in [0.1, 0.15) is 12.1 Å². The Morgan fingerprint density at radius 1 is 1.52 bits per heavy atom. The topological polar surface area (TPSA) is 51.1 Å². The van der Waals surface area contributed by atoms with Gasteiger partial charge in [0.2, 0.25) is 0 Å². The van der Waals surface area contributed by atoms with Crippen molar-refractivity contribution in [3.8, 4) is 0 Å². The second-order valence-electron chi connectivity index (χ2n) is 4.72. The van der Waals surface area contributed by atoms with Crippen molar-refractivity contribution in [2.75, 3.05) is 13.2 Å². The number of hydrogen-bond donors (Lipinski definition) is 0. The Hall–Kier alpha value is -1.59. The van der Waals surface area contributed by atoms with E-state index in [4.69, 9.17) is 9.57 Å². The minimum absolute atomic E-state index is 0.168. The first-order valence-electron chi connectivity index (χ1n) is 6.92. The zero-order chi connectivity index (χ0) is 15.1. The fraction of sp³-hybridized carbons (Fsp3) is 0.467. The molecule has 0 aromatic heterocycles. The number of hydroxylamine groups is 2. The SMILES string of the molecule is CCOC(=O)[C@H]1C[C@@H](CN=C=S)ON1Cc1ccccc1. The third-order valence-corrected chi connectivity index (χ3v) is 3.35. The third-order valence-electron chi connectivity index (χ3n) is 3.22. The van der Waals surface area contributed by atoms with E-state index in [1.807, 2.05) is 30.3 Å². The lowest BCUT2D eigenvalue weighted by Crippen LogP contribution is -2.36. The van der Waals surface area contributed by atoms with Crippen LogP contribution in [0.3, 0.4) is 0 Å². The van der Waals surface area contributed by atoms with Gasteiger partial charge in [-0.3, -0.25) is 9.63 Å². The normalized spacial score (nSPS) is 21.8. The van der Waals surface area contributed by atoms with Gasteiger partial charge in [0.15, 0.2) is 0 Å². The van der Waals surface area contributed by atoms with Crippen molar-refractivity contribution in [2.45, 2.75) is 32.0 Å². The third kappa shape index (κ3) is 4.44. The van der Waals surface area contributed by atoms with E-state index in [9.17, 15) is 4.79 Å². The molecular formula is C15H18N2O3S. The van der Waals surface area contributed by atoms with Crippen LogP contribution in [0.4, 0.5) is 0 Å². The lowest BCUT2D eigenvalue weighted by Gasteiger charge is -2.21. The summed E-state index contributed by atoms with van der Waals surface area (Å²) in [7, 11) is 0. The van der Waals surface area contributed by atoms with E-state index in [0.717, 1.165) is 5.56 Å². The minimum Gasteiger partial charge on any atom is -0.465 e. The van der Waals surface area contributed by atoms with Crippen LogP contribution in [0, 0.1) is 0 Å². The summed E-state index contributed by atoms with van der Waals surface area (Å²) in [6.07, 6.45) is 0.380. The first-order valence-corrected chi connectivity index (χ1v) is 7.33. The lowest BCUT2D eigenvalue weighted by atomic mass is 10.1. The van der Waals surface area contributed by atoms with Crippen LogP contribution in [0.1, 0.15) is 18.9 Å². The summed E-state index contributed by atoms with van der Waals surface area (Å²) in [4.78, 5) is 21.8. The Morgan fingerprint density at radius 3 is 2.95 bits per heavy atom. The average molecular weight is 306 g/mol. The van der Waals surface area contributed by atoms with Crippen LogP contribution < -0.4 is 0 Å². The van der Waals surface area contributed by atoms with Gasteiger partial charge in [0.05, 0.1) is 24.9 Å². The minimum atomic E-state index is -0.407. The number of benzene rings is 1. The molecule has 5 nitrogen and oxygen atoms in total. The van der Waals surface area contributed by atoms with Gasteiger partial charge < -0.3 is 4.74 Å². The predicted molar refractivity (Wildman–Crippen MR) is 81.8 cm³/mol. The molecule has 1 heterocycles. The highest BCUT2D eigenvalue weighted by Crippen LogP contribution is 2.24. The van der Waals surface area contributed by atoms with Crippen molar-refractivity contribution in [3.05, 3.63) is 35.9 Å². The summed E-state index contributed by atoms with van der Waals surface area (Å²) in [5.41, 5.74) is 1.07. The molecule has 0 unspecified atom stereocenters. The van der Waals surface area contributed by atoms with Gasteiger partial charge >= 0.3 is 5.97 Å². The zero-order valence-corrected chi connectivity index (χ0v) is 12.7. The van der Waals surface area contributed by atoms with E-state index in [0.29, 0.717) is 26.1 Å². The maximum Gasteiger partial charge on any atom is 0.325 e. The number of aliphatic imine (C=N–C) groups is 1. The Kier molecular flexibility index (Phi) is 6.02. The van der Waals surface area contributed by atoms with Gasteiger partial charge in [-0.15, -0.1) is 0 Å². The number of carbonyl (C=O) groups is 1. The molecule has 6 heteroatoms. The Bertz CT molecular complexity index is 517. The molecule has 1 aliphatic heterocycles. The molecule has 21 heavy (non-hydrogen) atoms. The van der Waals surface area contributed by atoms with Gasteiger partial charge in [0.25, 0.3) is 0 Å². The standard InChI is InChI=1S/C15H18N2O3S/c1-2-19-15(18)14-8-13(9-16-11-21)20-17(14)10-12-6-4-3-5-7-12/h3-7,13-14H,2,8-10H2,1H3/t13-,14+/m0/s1. The summed E-state index contributed by atoms with van der Waals surface area (Å²) in [6.45, 7) is 3.09. The molecule has 1 saturated heterocycles. The van der Waals surface area contributed by atoms with Gasteiger partial charge in [-0.25, -0.2) is 4.99 Å². The van der Waals surface area contributed by atoms with Gasteiger partial charge in [0, 0.05) is 6.42 Å². The largest absolute Gasteiger partial charge is 0.465 e. The van der Waals surface area contributed by atoms with Crippen LogP contribution in [0.2, 0.25) is 0 Å². The fourth-order valence-electron chi connectivity index (χ4n) is 2.28. The van der Waals surface area contributed by atoms with Crippen LogP contribution in [0.25, 0.3) is 0 Å². The molecule has 1 aliphatic rings. The fourth-order valence-corrected chi connectivity index (χ4v) is 2.36. The lowest BCUT2D eigenvalue weighted by molar-refractivity contribution is -0.184. The molecule has 0 bridgehead atoms. The zero-order valence-electron chi connectivity index (χ0n) is 11.9. The molecule has 112 valence electrons. The van der Waals surface area contributed by atoms with Crippen LogP contribution >= 0.6 is 12.2 Å². The molecule has 1 fully saturated rings. The number of rotatable bonds is 6. The van der Waals surface area contributed by atoms with Crippen molar-refractivity contribution >= 4 is 23.3 Å². The average Bonchev–Trinajstić information content (AvgIpc) is 2.89. The summed E-state index contributed by atoms with van der Waals surface area (Å²) in [5, 5.41) is 4.00. The summed E-state index contributed by atoms with van der Waals surface area (Å²) in [5.74, 6) is -0.262. The van der Waals surface area contributed by atoms with Crippen LogP contribution in [-0.2, 0) is 20.9 Å². The predicted octanol–water partition coefficient (Wildman–Crippen LogP) is 2.23. The number of carbonyl (C=O) groups excluding carboxylic acids is 1. The van der Waals surface area contributed by atoms with E-state index in [1.54, 1.807) is 12.0 Å². The number of nitrogens with zero attached hydrogens (tertiary/aromatic N) is 2. The molecule has 2 atom stereocenters. The summed E-state index contributed by atoms with van der Waals surface area (Å²) < 4.78 is 5.12. The maximum atomic E-state index is 12.1. The molecule has 0 amide bonds. The maximum absolute atomic E-state index is 12.1. The number of isothiocyanates is 1. The molecular weight excluding hydrogens is 288 g/mol. The number of hydrogen-bond acceptors (Lipinski definition) is 6. The number of thiocarbonyl (C=S) groups is 1. The first-order chi connectivity index (χ1) is 10.2. The Morgan fingerprint density at radius 2 is 2.29 bits per heavy atom. The van der Waals surface area contributed by atoms with E-state index in [1.165, 1.54) is 0 Å². The molecule has 2 rings (SSSR count). The first kappa shape index (κ1) is 15.8. The molecule has 0 spiro atoms. The highest BCUT2D eigenvalue weighted by molar-refractivity contribution is 7.78. The van der Waals surface area contributed by atoms with Crippen molar-refractivity contribution in [1.29, 1.82) is 0 Å². The van der Waals surface area contributed by atoms with E-state index >= 15 is 0 Å². The van der Waals surface area contributed by atoms with E-state index in [2.05, 4.69) is 22.4 Å². The van der Waals surface area contributed by atoms with Gasteiger partial charge in [-0.2, -0.15) is 5.06 Å². The Labute approximate surface area is 129 Å². The van der Waals surface area contributed by atoms with Crippen molar-refractivity contribution in [2.24, 2.45) is 4.99 Å². The highest BCUT2D eigenvalue weighted by atomic mass is 32.1. The highest BCUT2D eigenvalue weighted by Gasteiger charge is 2.39. The second kappa shape index (κ2) is 8.00. The number of esters is 1. The smallest absolute Gasteiger partial charge is 0.325 e. The molecule has 0 saturated carbocycles. The van der Waals surface area contributed by atoms with Gasteiger partial charge in [-0.1, -0.05) is 30.3 Å². The quantitative estimate of drug-likeness (QED) is 0.458.